The monoisotopic (exact) mass is 658 g/mol. The number of thiophene rings is 1. The van der Waals surface area contributed by atoms with Crippen LogP contribution in [0.4, 0.5) is 13.2 Å². The highest BCUT2D eigenvalue weighted by molar-refractivity contribution is 7.98. The molecule has 0 spiro atoms. The van der Waals surface area contributed by atoms with E-state index in [1.807, 2.05) is 6.07 Å². The van der Waals surface area contributed by atoms with E-state index in [9.17, 15) is 22.8 Å². The summed E-state index contributed by atoms with van der Waals surface area (Å²) in [5.41, 5.74) is 0.158. The molecule has 2 aromatic heterocycles. The minimum Gasteiger partial charge on any atom is -0.496 e. The Morgan fingerprint density at radius 1 is 1.12 bits per heavy atom. The zero-order valence-electron chi connectivity index (χ0n) is 23.4. The van der Waals surface area contributed by atoms with Crippen LogP contribution in [-0.2, 0) is 15.3 Å². The van der Waals surface area contributed by atoms with Gasteiger partial charge in [-0.3, -0.25) is 14.5 Å². The maximum atomic E-state index is 14.7. The van der Waals surface area contributed by atoms with Crippen LogP contribution < -0.4 is 9.47 Å². The number of para-hydroxylation sites is 1. The van der Waals surface area contributed by atoms with E-state index in [0.717, 1.165) is 14.5 Å². The minimum absolute atomic E-state index is 0.000110. The van der Waals surface area contributed by atoms with Crippen molar-refractivity contribution in [2.24, 2.45) is 0 Å². The molecule has 5 rings (SSSR count). The number of carbonyl (C=O) groups excluding carboxylic acids is 2. The zero-order chi connectivity index (χ0) is 30.7. The number of hydrogen-bond donors (Lipinski definition) is 0. The lowest BCUT2D eigenvalue weighted by Crippen LogP contribution is -2.51. The van der Waals surface area contributed by atoms with Gasteiger partial charge in [0, 0.05) is 36.2 Å². The number of ether oxygens (including phenoxy) is 3. The molecule has 2 unspecified atom stereocenters. The molecule has 2 atom stereocenters. The van der Waals surface area contributed by atoms with Crippen molar-refractivity contribution in [1.29, 1.82) is 0 Å². The van der Waals surface area contributed by atoms with Crippen LogP contribution in [0.5, 0.6) is 11.5 Å². The van der Waals surface area contributed by atoms with Crippen LogP contribution in [0.1, 0.15) is 33.3 Å². The van der Waals surface area contributed by atoms with Gasteiger partial charge in [0.15, 0.2) is 5.75 Å². The Labute approximate surface area is 259 Å². The molecular weight excluding hydrogens is 629 g/mol. The number of methoxy groups -OCH3 is 2. The highest BCUT2D eigenvalue weighted by Crippen LogP contribution is 2.48. The lowest BCUT2D eigenvalue weighted by molar-refractivity contribution is -0.186. The van der Waals surface area contributed by atoms with Gasteiger partial charge in [0.05, 0.1) is 43.9 Å². The number of morpholine rings is 1. The molecule has 43 heavy (non-hydrogen) atoms. The second kappa shape index (κ2) is 13.5. The fourth-order valence-corrected chi connectivity index (χ4v) is 7.65. The van der Waals surface area contributed by atoms with Gasteiger partial charge in [0.1, 0.15) is 22.5 Å². The Hall–Kier alpha value is -2.78. The van der Waals surface area contributed by atoms with E-state index in [1.54, 1.807) is 35.2 Å². The summed E-state index contributed by atoms with van der Waals surface area (Å²) in [5, 5.41) is 4.73. The quantitative estimate of drug-likeness (QED) is 0.291. The summed E-state index contributed by atoms with van der Waals surface area (Å²) in [6.45, 7) is 1.55. The Morgan fingerprint density at radius 2 is 1.86 bits per heavy atom. The number of halogens is 4. The van der Waals surface area contributed by atoms with Crippen molar-refractivity contribution >= 4 is 46.5 Å². The summed E-state index contributed by atoms with van der Waals surface area (Å²) in [6, 6.07) is 7.99. The predicted molar refractivity (Wildman–Crippen MR) is 157 cm³/mol. The summed E-state index contributed by atoms with van der Waals surface area (Å²) in [6.07, 6.45) is -4.75. The number of benzene rings is 1. The Bertz CT molecular complexity index is 1460. The molecule has 0 radical (unpaired) electrons. The first-order chi connectivity index (χ1) is 20.6. The number of nitrogens with zero attached hydrogens (tertiary/aromatic N) is 4. The molecule has 4 heterocycles. The number of thioether (sulfide) groups is 1. The van der Waals surface area contributed by atoms with E-state index >= 15 is 0 Å². The fraction of sp³-hybridized carbons (Fsp3) is 0.464. The molecule has 2 saturated heterocycles. The van der Waals surface area contributed by atoms with Gasteiger partial charge < -0.3 is 19.1 Å². The molecule has 0 aliphatic carbocycles. The second-order valence-electron chi connectivity index (χ2n) is 9.99. The van der Waals surface area contributed by atoms with E-state index in [1.165, 1.54) is 37.3 Å². The summed E-state index contributed by atoms with van der Waals surface area (Å²) in [7, 11) is 2.76. The van der Waals surface area contributed by atoms with Crippen molar-refractivity contribution < 1.29 is 37.0 Å². The standard InChI is InChI=1S/C28H30ClF3N4O5S2/c1-39-20-6-4-3-5-18(20)26(38)36-27(42-16-17-7-8-21(29)43-17)24(40-2)23(33-36)19-9-10-35(25(19)28(30,31)32)22(37)15-34-11-13-41-14-12-34/h3-8,19,25H,9-16H2,1-2H3. The van der Waals surface area contributed by atoms with Crippen LogP contribution in [0.3, 0.4) is 0 Å². The molecule has 1 amide bonds. The largest absolute Gasteiger partial charge is 0.496 e. The van der Waals surface area contributed by atoms with Crippen LogP contribution >= 0.6 is 34.7 Å². The molecule has 15 heteroatoms. The van der Waals surface area contributed by atoms with E-state index in [0.29, 0.717) is 42.1 Å². The number of rotatable bonds is 9. The summed E-state index contributed by atoms with van der Waals surface area (Å²) in [4.78, 5) is 30.6. The van der Waals surface area contributed by atoms with E-state index in [2.05, 4.69) is 5.10 Å². The average Bonchev–Trinajstić information content (AvgIpc) is 3.72. The predicted octanol–water partition coefficient (Wildman–Crippen LogP) is 5.18. The third kappa shape index (κ3) is 6.83. The van der Waals surface area contributed by atoms with Gasteiger partial charge in [0.2, 0.25) is 5.91 Å². The first kappa shape index (κ1) is 31.6. The minimum atomic E-state index is -4.75. The lowest BCUT2D eigenvalue weighted by atomic mass is 9.95. The molecule has 0 saturated carbocycles. The number of likely N-dealkylation sites (tertiary alicyclic amines) is 1. The zero-order valence-corrected chi connectivity index (χ0v) is 25.8. The maximum Gasteiger partial charge on any atom is 0.409 e. The number of hydrogen-bond acceptors (Lipinski definition) is 9. The van der Waals surface area contributed by atoms with E-state index in [4.69, 9.17) is 25.8 Å². The SMILES string of the molecule is COc1ccccc1C(=O)n1nc(C2CCN(C(=O)CN3CCOCC3)C2C(F)(F)F)c(OC)c1SCc1ccc(Cl)s1. The molecular formula is C28H30ClF3N4O5S2. The van der Waals surface area contributed by atoms with Crippen molar-refractivity contribution in [2.75, 3.05) is 53.6 Å². The first-order valence-electron chi connectivity index (χ1n) is 13.5. The fourth-order valence-electron chi connectivity index (χ4n) is 5.41. The van der Waals surface area contributed by atoms with Gasteiger partial charge in [-0.1, -0.05) is 35.5 Å². The van der Waals surface area contributed by atoms with E-state index < -0.39 is 30.0 Å². The van der Waals surface area contributed by atoms with Crippen LogP contribution in [0.15, 0.2) is 41.4 Å². The average molecular weight is 659 g/mol. The van der Waals surface area contributed by atoms with Crippen molar-refractivity contribution in [3.05, 3.63) is 56.9 Å². The van der Waals surface area contributed by atoms with Crippen LogP contribution in [-0.4, -0.2) is 97.2 Å². The molecule has 1 aromatic carbocycles. The molecule has 2 aliphatic rings. The number of amides is 1. The van der Waals surface area contributed by atoms with Crippen LogP contribution in [0.25, 0.3) is 0 Å². The van der Waals surface area contributed by atoms with Crippen molar-refractivity contribution in [1.82, 2.24) is 19.6 Å². The number of carbonyl (C=O) groups is 2. The Kier molecular flexibility index (Phi) is 9.91. The van der Waals surface area contributed by atoms with Crippen LogP contribution in [0, 0.1) is 0 Å². The molecule has 3 aromatic rings. The smallest absolute Gasteiger partial charge is 0.409 e. The van der Waals surface area contributed by atoms with Gasteiger partial charge in [-0.25, -0.2) is 0 Å². The highest BCUT2D eigenvalue weighted by atomic mass is 35.5. The van der Waals surface area contributed by atoms with E-state index in [-0.39, 0.29) is 41.5 Å². The van der Waals surface area contributed by atoms with Gasteiger partial charge in [-0.05, 0) is 30.7 Å². The summed E-state index contributed by atoms with van der Waals surface area (Å²) < 4.78 is 62.2. The second-order valence-corrected chi connectivity index (χ2v) is 12.8. The summed E-state index contributed by atoms with van der Waals surface area (Å²) in [5.74, 6) is -1.72. The molecule has 9 nitrogen and oxygen atoms in total. The Balaban J connectivity index is 1.53. The Morgan fingerprint density at radius 3 is 2.51 bits per heavy atom. The maximum absolute atomic E-state index is 14.7. The topological polar surface area (TPSA) is 86.1 Å². The molecule has 0 N–H and O–H groups in total. The summed E-state index contributed by atoms with van der Waals surface area (Å²) >= 11 is 8.66. The number of alkyl halides is 3. The van der Waals surface area contributed by atoms with Crippen molar-refractivity contribution in [3.63, 3.8) is 0 Å². The van der Waals surface area contributed by atoms with Crippen molar-refractivity contribution in [2.45, 2.75) is 35.3 Å². The van der Waals surface area contributed by atoms with Crippen LogP contribution in [0.2, 0.25) is 4.34 Å². The normalized spacial score (nSPS) is 19.5. The first-order valence-corrected chi connectivity index (χ1v) is 15.7. The molecule has 2 fully saturated rings. The molecule has 0 bridgehead atoms. The van der Waals surface area contributed by atoms with Gasteiger partial charge >= 0.3 is 6.18 Å². The lowest BCUT2D eigenvalue weighted by Gasteiger charge is -2.32. The molecule has 2 aliphatic heterocycles. The van der Waals surface area contributed by atoms with Crippen molar-refractivity contribution in [3.8, 4) is 11.5 Å². The third-order valence-corrected chi connectivity index (χ3v) is 9.91. The van der Waals surface area contributed by atoms with Gasteiger partial charge in [-0.2, -0.15) is 23.0 Å². The van der Waals surface area contributed by atoms with Gasteiger partial charge in [0.25, 0.3) is 5.91 Å². The highest BCUT2D eigenvalue weighted by Gasteiger charge is 2.55. The van der Waals surface area contributed by atoms with Gasteiger partial charge in [-0.15, -0.1) is 11.3 Å². The number of aromatic nitrogens is 2. The molecule has 232 valence electrons. The third-order valence-electron chi connectivity index (χ3n) is 7.41.